The maximum Gasteiger partial charge on any atom is 0.329 e. The van der Waals surface area contributed by atoms with Crippen LogP contribution in [-0.4, -0.2) is 45.1 Å². The normalized spacial score (nSPS) is 16.3. The molecular weight excluding hydrogens is 316 g/mol. The van der Waals surface area contributed by atoms with Crippen molar-refractivity contribution in [2.45, 2.75) is 45.2 Å². The van der Waals surface area contributed by atoms with Crippen LogP contribution in [0, 0.1) is 0 Å². The maximum absolute atomic E-state index is 12.4. The lowest BCUT2D eigenvalue weighted by Gasteiger charge is -2.41. The fraction of sp³-hybridized carbons (Fsp3) is 0.579. The summed E-state index contributed by atoms with van der Waals surface area (Å²) in [6.07, 6.45) is 3.74. The number of amides is 1. The first-order valence-corrected chi connectivity index (χ1v) is 9.06. The molecule has 1 aliphatic heterocycles. The van der Waals surface area contributed by atoms with Crippen LogP contribution in [0.5, 0.6) is 0 Å². The molecule has 0 bridgehead atoms. The van der Waals surface area contributed by atoms with Gasteiger partial charge in [-0.2, -0.15) is 0 Å². The second-order valence-electron chi connectivity index (χ2n) is 7.55. The van der Waals surface area contributed by atoms with Gasteiger partial charge in [-0.25, -0.2) is 4.79 Å². The van der Waals surface area contributed by atoms with E-state index in [1.165, 1.54) is 19.3 Å². The fourth-order valence-electron chi connectivity index (χ4n) is 3.64. The van der Waals surface area contributed by atoms with E-state index >= 15 is 0 Å². The monoisotopic (exact) mass is 344 g/mol. The van der Waals surface area contributed by atoms with E-state index in [0.29, 0.717) is 6.54 Å². The van der Waals surface area contributed by atoms with Crippen LogP contribution in [-0.2, 0) is 18.4 Å². The smallest absolute Gasteiger partial charge is 0.329 e. The molecular formula is C19H28N4O2. The van der Waals surface area contributed by atoms with Crippen LogP contribution in [0.15, 0.2) is 29.1 Å². The first kappa shape index (κ1) is 17.7. The van der Waals surface area contributed by atoms with E-state index in [2.05, 4.69) is 24.1 Å². The topological polar surface area (TPSA) is 59.3 Å². The summed E-state index contributed by atoms with van der Waals surface area (Å²) in [5.41, 5.74) is 1.40. The fourth-order valence-corrected chi connectivity index (χ4v) is 3.64. The zero-order valence-electron chi connectivity index (χ0n) is 15.4. The average molecular weight is 344 g/mol. The van der Waals surface area contributed by atoms with E-state index in [0.717, 1.165) is 24.1 Å². The van der Waals surface area contributed by atoms with Crippen LogP contribution in [0.25, 0.3) is 11.0 Å². The van der Waals surface area contributed by atoms with Crippen molar-refractivity contribution in [1.82, 2.24) is 19.4 Å². The standard InChI is InChI=1S/C19H28N4O2/c1-19(2,22-11-7-4-8-12-22)14-20-17(24)13-23-16-10-6-5-9-15(16)21(3)18(23)25/h5-6,9-10H,4,7-8,11-14H2,1-3H3,(H,20,24). The molecule has 0 saturated carbocycles. The summed E-state index contributed by atoms with van der Waals surface area (Å²) in [4.78, 5) is 27.3. The summed E-state index contributed by atoms with van der Waals surface area (Å²) in [7, 11) is 1.73. The minimum Gasteiger partial charge on any atom is -0.353 e. The summed E-state index contributed by atoms with van der Waals surface area (Å²) in [5, 5.41) is 3.02. The molecule has 1 saturated heterocycles. The van der Waals surface area contributed by atoms with Crippen molar-refractivity contribution in [3.8, 4) is 0 Å². The summed E-state index contributed by atoms with van der Waals surface area (Å²) in [5.74, 6) is -0.122. The number of hydrogen-bond acceptors (Lipinski definition) is 3. The van der Waals surface area contributed by atoms with Gasteiger partial charge in [0.2, 0.25) is 5.91 Å². The second-order valence-corrected chi connectivity index (χ2v) is 7.55. The van der Waals surface area contributed by atoms with Gasteiger partial charge in [0.25, 0.3) is 0 Å². The Morgan fingerprint density at radius 1 is 1.12 bits per heavy atom. The summed E-state index contributed by atoms with van der Waals surface area (Å²) in [6, 6.07) is 7.55. The Labute approximate surface area is 148 Å². The molecule has 6 nitrogen and oxygen atoms in total. The number of aromatic nitrogens is 2. The van der Waals surface area contributed by atoms with E-state index in [9.17, 15) is 9.59 Å². The molecule has 3 rings (SSSR count). The minimum atomic E-state index is -0.161. The lowest BCUT2D eigenvalue weighted by atomic mass is 9.98. The van der Waals surface area contributed by atoms with E-state index in [-0.39, 0.29) is 23.7 Å². The summed E-state index contributed by atoms with van der Waals surface area (Å²) in [6.45, 7) is 7.16. The molecule has 2 aromatic rings. The third kappa shape index (κ3) is 3.63. The summed E-state index contributed by atoms with van der Waals surface area (Å²) >= 11 is 0. The Hall–Kier alpha value is -2.08. The lowest BCUT2D eigenvalue weighted by molar-refractivity contribution is -0.122. The number of aryl methyl sites for hydroxylation is 1. The summed E-state index contributed by atoms with van der Waals surface area (Å²) < 4.78 is 3.12. The number of likely N-dealkylation sites (tertiary alicyclic amines) is 1. The number of benzene rings is 1. The third-order valence-corrected chi connectivity index (χ3v) is 5.28. The highest BCUT2D eigenvalue weighted by Crippen LogP contribution is 2.19. The highest BCUT2D eigenvalue weighted by Gasteiger charge is 2.28. The molecule has 1 aromatic heterocycles. The Bertz CT molecular complexity index is 812. The van der Waals surface area contributed by atoms with Gasteiger partial charge in [-0.05, 0) is 51.9 Å². The van der Waals surface area contributed by atoms with Gasteiger partial charge in [-0.3, -0.25) is 18.8 Å². The van der Waals surface area contributed by atoms with Gasteiger partial charge in [0.1, 0.15) is 6.54 Å². The van der Waals surface area contributed by atoms with Crippen molar-refractivity contribution in [3.05, 3.63) is 34.7 Å². The van der Waals surface area contributed by atoms with Crippen LogP contribution < -0.4 is 11.0 Å². The molecule has 2 heterocycles. The Morgan fingerprint density at radius 3 is 2.44 bits per heavy atom. The number of rotatable bonds is 5. The van der Waals surface area contributed by atoms with Gasteiger partial charge >= 0.3 is 5.69 Å². The number of fused-ring (bicyclic) bond motifs is 1. The molecule has 6 heteroatoms. The van der Waals surface area contributed by atoms with Crippen molar-refractivity contribution in [1.29, 1.82) is 0 Å². The van der Waals surface area contributed by atoms with Crippen molar-refractivity contribution < 1.29 is 4.79 Å². The SMILES string of the molecule is Cn1c(=O)n(CC(=O)NCC(C)(C)N2CCCCC2)c2ccccc21. The van der Waals surface area contributed by atoms with Crippen LogP contribution in [0.4, 0.5) is 0 Å². The molecule has 0 radical (unpaired) electrons. The molecule has 25 heavy (non-hydrogen) atoms. The predicted molar refractivity (Wildman–Crippen MR) is 99.7 cm³/mol. The maximum atomic E-state index is 12.4. The number of piperidine rings is 1. The molecule has 0 spiro atoms. The van der Waals surface area contributed by atoms with E-state index in [1.54, 1.807) is 16.2 Å². The van der Waals surface area contributed by atoms with Crippen molar-refractivity contribution in [3.63, 3.8) is 0 Å². The molecule has 1 amide bonds. The molecule has 1 aromatic carbocycles. The zero-order valence-corrected chi connectivity index (χ0v) is 15.4. The van der Waals surface area contributed by atoms with Crippen LogP contribution in [0.2, 0.25) is 0 Å². The van der Waals surface area contributed by atoms with E-state index < -0.39 is 0 Å². The van der Waals surface area contributed by atoms with E-state index in [4.69, 9.17) is 0 Å². The quantitative estimate of drug-likeness (QED) is 0.898. The molecule has 1 aliphatic rings. The average Bonchev–Trinajstić information content (AvgIpc) is 2.86. The third-order valence-electron chi connectivity index (χ3n) is 5.28. The molecule has 1 fully saturated rings. The molecule has 1 N–H and O–H groups in total. The Kier molecular flexibility index (Phi) is 4.99. The van der Waals surface area contributed by atoms with Crippen molar-refractivity contribution in [2.24, 2.45) is 7.05 Å². The first-order valence-electron chi connectivity index (χ1n) is 9.06. The van der Waals surface area contributed by atoms with Gasteiger partial charge in [-0.15, -0.1) is 0 Å². The Balaban J connectivity index is 1.67. The molecule has 0 atom stereocenters. The minimum absolute atomic E-state index is 0.0519. The van der Waals surface area contributed by atoms with Crippen molar-refractivity contribution in [2.75, 3.05) is 19.6 Å². The number of hydrogen-bond donors (Lipinski definition) is 1. The van der Waals surface area contributed by atoms with Crippen LogP contribution in [0.3, 0.4) is 0 Å². The van der Waals surface area contributed by atoms with Crippen LogP contribution in [0.1, 0.15) is 33.1 Å². The lowest BCUT2D eigenvalue weighted by Crippen LogP contribution is -2.53. The van der Waals surface area contributed by atoms with Gasteiger partial charge in [0.05, 0.1) is 11.0 Å². The number of imidazole rings is 1. The number of para-hydroxylation sites is 2. The van der Waals surface area contributed by atoms with Crippen LogP contribution >= 0.6 is 0 Å². The Morgan fingerprint density at radius 2 is 1.76 bits per heavy atom. The number of carbonyl (C=O) groups is 1. The largest absolute Gasteiger partial charge is 0.353 e. The van der Waals surface area contributed by atoms with E-state index in [1.807, 2.05) is 24.3 Å². The molecule has 0 unspecified atom stereocenters. The van der Waals surface area contributed by atoms with Gasteiger partial charge in [-0.1, -0.05) is 18.6 Å². The first-order chi connectivity index (χ1) is 11.9. The number of nitrogens with one attached hydrogen (secondary N) is 1. The van der Waals surface area contributed by atoms with Gasteiger partial charge in [0.15, 0.2) is 0 Å². The number of carbonyl (C=O) groups excluding carboxylic acids is 1. The predicted octanol–water partition coefficient (Wildman–Crippen LogP) is 1.72. The van der Waals surface area contributed by atoms with Gasteiger partial charge in [0, 0.05) is 19.1 Å². The number of nitrogens with zero attached hydrogens (tertiary/aromatic N) is 3. The van der Waals surface area contributed by atoms with Gasteiger partial charge < -0.3 is 5.32 Å². The second kappa shape index (κ2) is 7.04. The van der Waals surface area contributed by atoms with Crippen molar-refractivity contribution >= 4 is 16.9 Å². The molecule has 0 aliphatic carbocycles. The molecule has 136 valence electrons. The highest BCUT2D eigenvalue weighted by atomic mass is 16.2. The highest BCUT2D eigenvalue weighted by molar-refractivity contribution is 5.80. The zero-order chi connectivity index (χ0) is 18.0.